The van der Waals surface area contributed by atoms with Gasteiger partial charge in [-0.05, 0) is 12.8 Å². The van der Waals surface area contributed by atoms with Crippen LogP contribution in [0.4, 0.5) is 0 Å². The van der Waals surface area contributed by atoms with Crippen LogP contribution in [0.3, 0.4) is 0 Å². The van der Waals surface area contributed by atoms with E-state index in [2.05, 4.69) is 21.0 Å². The molecule has 0 aromatic rings. The first kappa shape index (κ1) is 32.7. The van der Waals surface area contributed by atoms with E-state index in [-0.39, 0.29) is 12.4 Å². The topological polar surface area (TPSA) is 29.5 Å². The zero-order valence-corrected chi connectivity index (χ0v) is 23.3. The first-order valence-electron chi connectivity index (χ1n) is 14.2. The van der Waals surface area contributed by atoms with Crippen molar-refractivity contribution >= 4 is 5.91 Å². The van der Waals surface area contributed by atoms with E-state index in [0.29, 0.717) is 5.91 Å². The molecule has 0 atom stereocenters. The Balaban J connectivity index is 0.0000102. The predicted molar refractivity (Wildman–Crippen MR) is 138 cm³/mol. The molecule has 198 valence electrons. The van der Waals surface area contributed by atoms with Gasteiger partial charge in [-0.2, -0.15) is 0 Å². The van der Waals surface area contributed by atoms with E-state index in [1.54, 1.807) is 0 Å². The number of halogens is 1. The fourth-order valence-corrected chi connectivity index (χ4v) is 4.84. The summed E-state index contributed by atoms with van der Waals surface area (Å²) >= 11 is 0. The molecule has 1 amide bonds. The summed E-state index contributed by atoms with van der Waals surface area (Å²) in [6.07, 6.45) is 25.4. The highest BCUT2D eigenvalue weighted by Crippen LogP contribution is 2.14. The normalized spacial score (nSPS) is 14.2. The Labute approximate surface area is 213 Å². The van der Waals surface area contributed by atoms with Crippen LogP contribution in [0.1, 0.15) is 129 Å². The Kier molecular flexibility index (Phi) is 21.9. The minimum Gasteiger partial charge on any atom is -1.00 e. The van der Waals surface area contributed by atoms with Crippen molar-refractivity contribution in [2.24, 2.45) is 0 Å². The number of amides is 1. The summed E-state index contributed by atoms with van der Waals surface area (Å²) in [4.78, 5) is 13.8. The largest absolute Gasteiger partial charge is 1.00 e. The summed E-state index contributed by atoms with van der Waals surface area (Å²) in [5.41, 5.74) is 0. The summed E-state index contributed by atoms with van der Waals surface area (Å²) in [5, 5.41) is 0. The third-order valence-electron chi connectivity index (χ3n) is 6.92. The van der Waals surface area contributed by atoms with Crippen LogP contribution in [0.5, 0.6) is 0 Å². The second kappa shape index (κ2) is 22.2. The monoisotopic (exact) mass is 488 g/mol. The molecule has 0 aliphatic carbocycles. The lowest BCUT2D eigenvalue weighted by atomic mass is 10.0. The predicted octanol–water partition coefficient (Wildman–Crippen LogP) is 4.31. The van der Waals surface area contributed by atoms with Gasteiger partial charge in [-0.3, -0.25) is 9.69 Å². The van der Waals surface area contributed by atoms with Gasteiger partial charge in [-0.25, -0.2) is 0 Å². The molecule has 0 aromatic carbocycles. The molecule has 4 nitrogen and oxygen atoms in total. The Hall–Kier alpha value is -0.320. The second-order valence-electron chi connectivity index (χ2n) is 10.8. The molecule has 1 fully saturated rings. The van der Waals surface area contributed by atoms with Gasteiger partial charge >= 0.3 is 0 Å². The van der Waals surface area contributed by atoms with Gasteiger partial charge in [0, 0.05) is 26.0 Å². The van der Waals surface area contributed by atoms with Crippen LogP contribution < -0.4 is 12.4 Å². The van der Waals surface area contributed by atoms with Crippen molar-refractivity contribution in [2.75, 3.05) is 47.1 Å². The molecule has 1 aliphatic rings. The molecular weight excluding hydrogens is 432 g/mol. The molecule has 1 heterocycles. The maximum Gasteiger partial charge on any atom is 0.226 e. The molecule has 5 heteroatoms. The van der Waals surface area contributed by atoms with Crippen LogP contribution in [0.15, 0.2) is 0 Å². The molecule has 1 saturated heterocycles. The summed E-state index contributed by atoms with van der Waals surface area (Å²) in [6, 6.07) is 0. The van der Waals surface area contributed by atoms with Gasteiger partial charge in [-0.1, -0.05) is 103 Å². The van der Waals surface area contributed by atoms with E-state index < -0.39 is 0 Å². The summed E-state index contributed by atoms with van der Waals surface area (Å²) in [6.45, 7) is 6.92. The van der Waals surface area contributed by atoms with E-state index in [0.717, 1.165) is 56.7 Å². The average molecular weight is 489 g/mol. The highest BCUT2D eigenvalue weighted by molar-refractivity contribution is 5.77. The third kappa shape index (κ3) is 19.7. The van der Waals surface area contributed by atoms with Gasteiger partial charge in [0.1, 0.15) is 0 Å². The molecular formula is C28H57ClN2O2. The van der Waals surface area contributed by atoms with Gasteiger partial charge in [0.15, 0.2) is 6.67 Å². The molecule has 0 saturated carbocycles. The summed E-state index contributed by atoms with van der Waals surface area (Å²) < 4.78 is 6.73. The Morgan fingerprint density at radius 1 is 0.727 bits per heavy atom. The SMILES string of the molecule is CCCCCCCCCCCCCCCCCCOCCC[N+](C)(C)CN1CCCC1=O.[Cl-]. The first-order chi connectivity index (χ1) is 15.5. The molecule has 33 heavy (non-hydrogen) atoms. The average Bonchev–Trinajstić information content (AvgIpc) is 3.16. The molecule has 1 rings (SSSR count). The molecule has 0 N–H and O–H groups in total. The number of ether oxygens (including phenoxy) is 1. The maximum atomic E-state index is 11.8. The second-order valence-corrected chi connectivity index (χ2v) is 10.8. The van der Waals surface area contributed by atoms with Crippen molar-refractivity contribution < 1.29 is 26.4 Å². The van der Waals surface area contributed by atoms with E-state index >= 15 is 0 Å². The van der Waals surface area contributed by atoms with Crippen LogP contribution in [0, 0.1) is 0 Å². The van der Waals surface area contributed by atoms with Crippen LogP contribution >= 0.6 is 0 Å². The van der Waals surface area contributed by atoms with Crippen molar-refractivity contribution in [3.8, 4) is 0 Å². The Morgan fingerprint density at radius 2 is 1.18 bits per heavy atom. The number of hydrogen-bond acceptors (Lipinski definition) is 2. The zero-order chi connectivity index (χ0) is 23.3. The van der Waals surface area contributed by atoms with Crippen LogP contribution in [0.25, 0.3) is 0 Å². The maximum absolute atomic E-state index is 11.8. The molecule has 0 bridgehead atoms. The highest BCUT2D eigenvalue weighted by Gasteiger charge is 2.26. The number of carbonyl (C=O) groups excluding carboxylic acids is 1. The van der Waals surface area contributed by atoms with Crippen molar-refractivity contribution in [2.45, 2.75) is 129 Å². The van der Waals surface area contributed by atoms with Gasteiger partial charge < -0.3 is 21.6 Å². The number of hydrogen-bond donors (Lipinski definition) is 0. The fourth-order valence-electron chi connectivity index (χ4n) is 4.84. The summed E-state index contributed by atoms with van der Waals surface area (Å²) in [5.74, 6) is 0.330. The molecule has 0 spiro atoms. The van der Waals surface area contributed by atoms with Crippen molar-refractivity contribution in [1.29, 1.82) is 0 Å². The molecule has 0 radical (unpaired) electrons. The van der Waals surface area contributed by atoms with E-state index in [1.165, 1.54) is 103 Å². The van der Waals surface area contributed by atoms with Crippen molar-refractivity contribution in [3.63, 3.8) is 0 Å². The standard InChI is InChI=1S/C28H57N2O2.ClH/c1-4-5-6-7-8-9-10-11-12-13-14-15-16-17-18-19-25-32-26-21-24-30(2,3)27-29-23-20-22-28(29)31;/h4-27H2,1-3H3;1H/q+1;/p-1. The number of likely N-dealkylation sites (tertiary alicyclic amines) is 1. The fraction of sp³-hybridized carbons (Fsp3) is 0.964. The van der Waals surface area contributed by atoms with E-state index in [9.17, 15) is 4.79 Å². The van der Waals surface area contributed by atoms with Crippen LogP contribution in [-0.4, -0.2) is 62.4 Å². The van der Waals surface area contributed by atoms with E-state index in [1.807, 2.05) is 4.90 Å². The smallest absolute Gasteiger partial charge is 0.226 e. The highest BCUT2D eigenvalue weighted by atomic mass is 35.5. The lowest BCUT2D eigenvalue weighted by Crippen LogP contribution is -3.00. The third-order valence-corrected chi connectivity index (χ3v) is 6.92. The minimum absolute atomic E-state index is 0. The number of nitrogens with zero attached hydrogens (tertiary/aromatic N) is 2. The summed E-state index contributed by atoms with van der Waals surface area (Å²) in [7, 11) is 4.45. The van der Waals surface area contributed by atoms with Gasteiger partial charge in [0.25, 0.3) is 0 Å². The van der Waals surface area contributed by atoms with Gasteiger partial charge in [0.05, 0.1) is 27.2 Å². The van der Waals surface area contributed by atoms with Crippen molar-refractivity contribution in [1.82, 2.24) is 4.90 Å². The number of rotatable bonds is 23. The molecule has 1 aliphatic heterocycles. The number of unbranched alkanes of at least 4 members (excludes halogenated alkanes) is 15. The number of carbonyl (C=O) groups is 1. The number of quaternary nitrogens is 1. The van der Waals surface area contributed by atoms with Crippen LogP contribution in [-0.2, 0) is 9.53 Å². The Bertz CT molecular complexity index is 446. The van der Waals surface area contributed by atoms with Gasteiger partial charge in [-0.15, -0.1) is 0 Å². The Morgan fingerprint density at radius 3 is 1.64 bits per heavy atom. The molecule has 0 unspecified atom stereocenters. The minimum atomic E-state index is 0. The quantitative estimate of drug-likeness (QED) is 0.158. The lowest BCUT2D eigenvalue weighted by molar-refractivity contribution is -0.899. The molecule has 0 aromatic heterocycles. The van der Waals surface area contributed by atoms with Crippen LogP contribution in [0.2, 0.25) is 0 Å². The van der Waals surface area contributed by atoms with Gasteiger partial charge in [0.2, 0.25) is 5.91 Å². The first-order valence-corrected chi connectivity index (χ1v) is 14.2. The van der Waals surface area contributed by atoms with E-state index in [4.69, 9.17) is 4.74 Å². The zero-order valence-electron chi connectivity index (χ0n) is 22.6. The lowest BCUT2D eigenvalue weighted by Gasteiger charge is -2.33. The van der Waals surface area contributed by atoms with Crippen molar-refractivity contribution in [3.05, 3.63) is 0 Å².